The zero-order valence-electron chi connectivity index (χ0n) is 10.4. The first-order valence-corrected chi connectivity index (χ1v) is 4.80. The van der Waals surface area contributed by atoms with Crippen LogP contribution in [0.3, 0.4) is 0 Å². The topological polar surface area (TPSA) is 58.7 Å². The van der Waals surface area contributed by atoms with E-state index in [1.165, 1.54) is 0 Å². The average molecular weight is 215 g/mol. The maximum absolute atomic E-state index is 11.7. The maximum Gasteiger partial charge on any atom is 1.00 e. The van der Waals surface area contributed by atoms with Gasteiger partial charge in [0.15, 0.2) is 0 Å². The standard InChI is InChI=1S/C11H11N3O.2Li/c1-2-5-10-13-9-7-4-3-6-8(9)11(15)14(10)12;;/h3-7,12H,2H2,1H3;;/q-2;2*+1. The number of benzene rings is 1. The molecule has 0 saturated heterocycles. The second kappa shape index (κ2) is 6.84. The predicted molar refractivity (Wildman–Crippen MR) is 59.4 cm³/mol. The van der Waals surface area contributed by atoms with E-state index >= 15 is 0 Å². The summed E-state index contributed by atoms with van der Waals surface area (Å²) in [6, 6.07) is 7.07. The van der Waals surface area contributed by atoms with Gasteiger partial charge in [-0.3, -0.25) is 9.78 Å². The molecule has 2 aromatic rings. The molecule has 0 atom stereocenters. The number of hydrogen-bond acceptors (Lipinski definition) is 2. The summed E-state index contributed by atoms with van der Waals surface area (Å²) in [5.74, 6) is 8.00. The van der Waals surface area contributed by atoms with Crippen molar-refractivity contribution in [2.75, 3.05) is 0 Å². The average Bonchev–Trinajstić information content (AvgIpc) is 2.26. The normalized spacial score (nSPS) is 9.24. The van der Waals surface area contributed by atoms with Crippen LogP contribution >= 0.6 is 0 Å². The van der Waals surface area contributed by atoms with Gasteiger partial charge in [-0.15, -0.1) is 0 Å². The van der Waals surface area contributed by atoms with E-state index in [0.717, 1.165) is 11.1 Å². The van der Waals surface area contributed by atoms with Crippen LogP contribution in [0.5, 0.6) is 0 Å². The van der Waals surface area contributed by atoms with E-state index in [9.17, 15) is 4.79 Å². The molecule has 0 aliphatic heterocycles. The number of fused-ring (bicyclic) bond motifs is 1. The molecule has 0 radical (unpaired) electrons. The molecule has 1 aromatic heterocycles. The van der Waals surface area contributed by atoms with Crippen LogP contribution in [0, 0.1) is 6.42 Å². The molecule has 0 bridgehead atoms. The summed E-state index contributed by atoms with van der Waals surface area (Å²) in [6.45, 7) is 1.95. The van der Waals surface area contributed by atoms with Crippen molar-refractivity contribution < 1.29 is 37.7 Å². The largest absolute Gasteiger partial charge is 1.00 e. The minimum Gasteiger partial charge on any atom is -0.629 e. The van der Waals surface area contributed by atoms with Crippen molar-refractivity contribution >= 4 is 10.9 Å². The van der Waals surface area contributed by atoms with Crippen LogP contribution in [0.15, 0.2) is 29.1 Å². The first-order valence-electron chi connectivity index (χ1n) is 4.80. The van der Waals surface area contributed by atoms with Crippen LogP contribution in [0.1, 0.15) is 19.2 Å². The molecule has 6 heteroatoms. The third-order valence-electron chi connectivity index (χ3n) is 2.19. The summed E-state index contributed by atoms with van der Waals surface area (Å²) in [7, 11) is 0. The van der Waals surface area contributed by atoms with Crippen molar-refractivity contribution in [3.05, 3.63) is 52.7 Å². The summed E-state index contributed by atoms with van der Waals surface area (Å²) in [5.41, 5.74) is 0.325. The Morgan fingerprint density at radius 2 is 2.00 bits per heavy atom. The summed E-state index contributed by atoms with van der Waals surface area (Å²) in [4.78, 5) is 16.0. The second-order valence-corrected chi connectivity index (χ2v) is 3.24. The van der Waals surface area contributed by atoms with Gasteiger partial charge in [-0.1, -0.05) is 19.1 Å². The van der Waals surface area contributed by atoms with Gasteiger partial charge < -0.3 is 16.9 Å². The Kier molecular flexibility index (Phi) is 6.53. The van der Waals surface area contributed by atoms with E-state index in [0.29, 0.717) is 16.7 Å². The Morgan fingerprint density at radius 1 is 1.35 bits per heavy atom. The van der Waals surface area contributed by atoms with Gasteiger partial charge in [-0.05, 0) is 18.0 Å². The zero-order chi connectivity index (χ0) is 10.8. The second-order valence-electron chi connectivity index (χ2n) is 3.24. The van der Waals surface area contributed by atoms with E-state index in [1.807, 2.05) is 13.0 Å². The molecule has 17 heavy (non-hydrogen) atoms. The Hall–Kier alpha value is -0.775. The Morgan fingerprint density at radius 3 is 2.65 bits per heavy atom. The molecule has 1 heterocycles. The molecular weight excluding hydrogens is 204 g/mol. The molecule has 78 valence electrons. The minimum atomic E-state index is -0.319. The van der Waals surface area contributed by atoms with Gasteiger partial charge in [0, 0.05) is 0 Å². The maximum atomic E-state index is 11.7. The minimum absolute atomic E-state index is 0. The molecule has 0 spiro atoms. The van der Waals surface area contributed by atoms with Crippen LogP contribution in [-0.4, -0.2) is 9.66 Å². The summed E-state index contributed by atoms with van der Waals surface area (Å²) in [5, 5.41) is 0.487. The van der Waals surface area contributed by atoms with E-state index in [2.05, 4.69) is 4.98 Å². The molecular formula is C11H11Li2N3O. The Balaban J connectivity index is 0.00000128. The van der Waals surface area contributed by atoms with E-state index in [4.69, 9.17) is 5.84 Å². The quantitative estimate of drug-likeness (QED) is 0.381. The van der Waals surface area contributed by atoms with Crippen molar-refractivity contribution in [2.45, 2.75) is 13.3 Å². The van der Waals surface area contributed by atoms with Gasteiger partial charge in [0.05, 0.1) is 10.9 Å². The van der Waals surface area contributed by atoms with E-state index in [-0.39, 0.29) is 43.3 Å². The SMILES string of the molecule is CC[CH-]c1nc2ccccc2c(=O)n1[NH-].[Li+].[Li+]. The van der Waals surface area contributed by atoms with Crippen molar-refractivity contribution in [3.8, 4) is 0 Å². The molecule has 1 aromatic carbocycles. The molecule has 2 rings (SSSR count). The van der Waals surface area contributed by atoms with E-state index in [1.54, 1.807) is 24.6 Å². The Bertz CT molecular complexity index is 554. The first-order chi connectivity index (χ1) is 7.24. The van der Waals surface area contributed by atoms with Crippen LogP contribution in [0.25, 0.3) is 16.7 Å². The monoisotopic (exact) mass is 215 g/mol. The fourth-order valence-corrected chi connectivity index (χ4v) is 1.47. The fourth-order valence-electron chi connectivity index (χ4n) is 1.47. The molecule has 0 aliphatic carbocycles. The summed E-state index contributed by atoms with van der Waals surface area (Å²) >= 11 is 0. The number of para-hydroxylation sites is 1. The van der Waals surface area contributed by atoms with Crippen LogP contribution in [0.4, 0.5) is 0 Å². The summed E-state index contributed by atoms with van der Waals surface area (Å²) in [6.07, 6.45) is 2.52. The molecule has 0 fully saturated rings. The third kappa shape index (κ3) is 3.12. The Labute approximate surface area is 124 Å². The molecule has 1 N–H and O–H groups in total. The summed E-state index contributed by atoms with van der Waals surface area (Å²) < 4.78 is 0.839. The molecule has 0 saturated carbocycles. The van der Waals surface area contributed by atoms with Crippen LogP contribution in [-0.2, 0) is 0 Å². The van der Waals surface area contributed by atoms with Crippen LogP contribution in [0.2, 0.25) is 0 Å². The third-order valence-corrected chi connectivity index (χ3v) is 2.19. The fraction of sp³-hybridized carbons (Fsp3) is 0.182. The molecule has 0 aliphatic rings. The van der Waals surface area contributed by atoms with Crippen LogP contribution < -0.4 is 43.3 Å². The predicted octanol–water partition coefficient (Wildman–Crippen LogP) is -3.82. The van der Waals surface area contributed by atoms with Gasteiger partial charge in [-0.25, -0.2) is 0 Å². The number of nitrogens with zero attached hydrogens (tertiary/aromatic N) is 2. The van der Waals surface area contributed by atoms with Crippen molar-refractivity contribution in [3.63, 3.8) is 0 Å². The molecule has 4 nitrogen and oxygen atoms in total. The van der Waals surface area contributed by atoms with Gasteiger partial charge in [-0.2, -0.15) is 6.42 Å². The smallest absolute Gasteiger partial charge is 0.629 e. The van der Waals surface area contributed by atoms with E-state index < -0.39 is 0 Å². The van der Waals surface area contributed by atoms with Crippen molar-refractivity contribution in [2.24, 2.45) is 0 Å². The van der Waals surface area contributed by atoms with Gasteiger partial charge in [0.25, 0.3) is 0 Å². The number of aromatic nitrogens is 2. The van der Waals surface area contributed by atoms with Crippen molar-refractivity contribution in [1.29, 1.82) is 0 Å². The zero-order valence-corrected chi connectivity index (χ0v) is 10.4. The number of rotatable bonds is 2. The molecule has 0 unspecified atom stereocenters. The first kappa shape index (κ1) is 16.2. The number of hydrogen-bond donors (Lipinski definition) is 0. The van der Waals surface area contributed by atoms with Gasteiger partial charge in [0.2, 0.25) is 5.56 Å². The van der Waals surface area contributed by atoms with Crippen molar-refractivity contribution in [1.82, 2.24) is 9.66 Å². The van der Waals surface area contributed by atoms with Gasteiger partial charge >= 0.3 is 37.7 Å². The number of nitrogens with one attached hydrogen (secondary N) is 1. The molecule has 0 amide bonds. The van der Waals surface area contributed by atoms with Gasteiger partial charge in [0.1, 0.15) is 0 Å².